The van der Waals surface area contributed by atoms with Gasteiger partial charge < -0.3 is 9.80 Å². The molecule has 2 aliphatic heterocycles. The number of anilines is 1. The lowest BCUT2D eigenvalue weighted by Gasteiger charge is -2.35. The van der Waals surface area contributed by atoms with Crippen LogP contribution < -0.4 is 4.90 Å². The van der Waals surface area contributed by atoms with E-state index in [1.54, 1.807) is 13.0 Å². The summed E-state index contributed by atoms with van der Waals surface area (Å²) in [6.07, 6.45) is -0.0783. The normalized spacial score (nSPS) is 19.9. The number of nitrogens with zero attached hydrogens (tertiary/aromatic N) is 3. The number of piperazine rings is 1. The van der Waals surface area contributed by atoms with E-state index in [-0.39, 0.29) is 56.6 Å². The fourth-order valence-corrected chi connectivity index (χ4v) is 5.73. The Morgan fingerprint density at radius 1 is 0.970 bits per heavy atom. The molecule has 2 amide bonds. The van der Waals surface area contributed by atoms with E-state index in [0.29, 0.717) is 5.56 Å². The van der Waals surface area contributed by atoms with Crippen LogP contribution in [0.15, 0.2) is 41.3 Å². The molecule has 7 nitrogen and oxygen atoms in total. The predicted octanol–water partition coefficient (Wildman–Crippen LogP) is 2.30. The Bertz CT molecular complexity index is 1190. The summed E-state index contributed by atoms with van der Waals surface area (Å²) in [5.41, 5.74) is 0.822. The number of halogens is 3. The number of sulfonamides is 1. The minimum Gasteiger partial charge on any atom is -0.340 e. The zero-order chi connectivity index (χ0) is 23.9. The monoisotopic (exact) mass is 481 g/mol. The van der Waals surface area contributed by atoms with E-state index in [0.717, 1.165) is 22.5 Å². The standard InChI is InChI=1S/C22H22F3N3O4S/c1-14-5-6-19(18(25)11-14)28-13-15(12-20(28)29)22(30)26-7-9-27(10-8-26)33(31,32)21-16(23)3-2-4-17(21)24/h2-6,11,15H,7-10,12-13H2,1H3. The largest absolute Gasteiger partial charge is 0.340 e. The average molecular weight is 481 g/mol. The molecule has 0 radical (unpaired) electrons. The number of rotatable bonds is 4. The Hall–Kier alpha value is -2.92. The molecule has 2 aromatic carbocycles. The zero-order valence-corrected chi connectivity index (χ0v) is 18.6. The van der Waals surface area contributed by atoms with Crippen molar-refractivity contribution in [1.29, 1.82) is 0 Å². The van der Waals surface area contributed by atoms with Gasteiger partial charge in [0, 0.05) is 39.1 Å². The van der Waals surface area contributed by atoms with E-state index in [9.17, 15) is 31.2 Å². The first-order valence-corrected chi connectivity index (χ1v) is 11.8. The van der Waals surface area contributed by atoms with Crippen LogP contribution in [0, 0.1) is 30.3 Å². The first kappa shape index (κ1) is 23.2. The molecule has 0 saturated carbocycles. The van der Waals surface area contributed by atoms with Gasteiger partial charge in [-0.2, -0.15) is 4.31 Å². The molecular formula is C22H22F3N3O4S. The van der Waals surface area contributed by atoms with E-state index in [1.807, 2.05) is 0 Å². The Kier molecular flexibility index (Phi) is 6.19. The van der Waals surface area contributed by atoms with Crippen molar-refractivity contribution in [2.24, 2.45) is 5.92 Å². The molecule has 0 aromatic heterocycles. The van der Waals surface area contributed by atoms with Gasteiger partial charge in [-0.25, -0.2) is 21.6 Å². The van der Waals surface area contributed by atoms with Crippen molar-refractivity contribution in [1.82, 2.24) is 9.21 Å². The lowest BCUT2D eigenvalue weighted by Crippen LogP contribution is -2.52. The van der Waals surface area contributed by atoms with Crippen molar-refractivity contribution >= 4 is 27.5 Å². The van der Waals surface area contributed by atoms with Crippen LogP contribution in [0.3, 0.4) is 0 Å². The minimum absolute atomic E-state index is 0.0116. The first-order chi connectivity index (χ1) is 15.6. The van der Waals surface area contributed by atoms with Gasteiger partial charge in [0.25, 0.3) is 0 Å². The third-order valence-electron chi connectivity index (χ3n) is 5.94. The van der Waals surface area contributed by atoms with Gasteiger partial charge in [0.1, 0.15) is 17.5 Å². The summed E-state index contributed by atoms with van der Waals surface area (Å²) in [5.74, 6) is -4.30. The van der Waals surface area contributed by atoms with Crippen molar-refractivity contribution in [3.63, 3.8) is 0 Å². The number of hydrogen-bond donors (Lipinski definition) is 0. The van der Waals surface area contributed by atoms with Crippen molar-refractivity contribution in [2.75, 3.05) is 37.6 Å². The number of carbonyl (C=O) groups is 2. The molecule has 2 heterocycles. The molecule has 0 bridgehead atoms. The van der Waals surface area contributed by atoms with Crippen molar-refractivity contribution < 1.29 is 31.2 Å². The van der Waals surface area contributed by atoms with Gasteiger partial charge >= 0.3 is 0 Å². The quantitative estimate of drug-likeness (QED) is 0.672. The summed E-state index contributed by atoms with van der Waals surface area (Å²) in [5, 5.41) is 0. The predicted molar refractivity (Wildman–Crippen MR) is 113 cm³/mol. The zero-order valence-electron chi connectivity index (χ0n) is 17.8. The van der Waals surface area contributed by atoms with Crippen LogP contribution in [0.25, 0.3) is 0 Å². The molecule has 2 aliphatic rings. The minimum atomic E-state index is -4.41. The van der Waals surface area contributed by atoms with Crippen LogP contribution in [-0.4, -0.2) is 62.2 Å². The lowest BCUT2D eigenvalue weighted by atomic mass is 10.1. The maximum absolute atomic E-state index is 14.3. The van der Waals surface area contributed by atoms with Gasteiger partial charge in [-0.3, -0.25) is 9.59 Å². The lowest BCUT2D eigenvalue weighted by molar-refractivity contribution is -0.136. The fourth-order valence-electron chi connectivity index (χ4n) is 4.20. The SMILES string of the molecule is Cc1ccc(N2CC(C(=O)N3CCN(S(=O)(=O)c4c(F)cccc4F)CC3)CC2=O)c(F)c1. The summed E-state index contributed by atoms with van der Waals surface area (Å²) in [4.78, 5) is 27.1. The summed E-state index contributed by atoms with van der Waals surface area (Å²) in [7, 11) is -4.41. The van der Waals surface area contributed by atoms with E-state index in [4.69, 9.17) is 0 Å². The molecule has 0 aliphatic carbocycles. The van der Waals surface area contributed by atoms with Gasteiger partial charge in [0.05, 0.1) is 11.6 Å². The second-order valence-corrected chi connectivity index (χ2v) is 10.0. The smallest absolute Gasteiger partial charge is 0.249 e. The molecule has 2 aromatic rings. The molecule has 2 saturated heterocycles. The molecule has 0 spiro atoms. The highest BCUT2D eigenvalue weighted by Gasteiger charge is 2.40. The third kappa shape index (κ3) is 4.34. The van der Waals surface area contributed by atoms with Crippen LogP contribution in [0.5, 0.6) is 0 Å². The second-order valence-electron chi connectivity index (χ2n) is 8.14. The van der Waals surface area contributed by atoms with Gasteiger partial charge in [-0.1, -0.05) is 12.1 Å². The maximum Gasteiger partial charge on any atom is 0.249 e. The summed E-state index contributed by atoms with van der Waals surface area (Å²) in [6.45, 7) is 1.50. The third-order valence-corrected chi connectivity index (χ3v) is 7.89. The Morgan fingerprint density at radius 2 is 1.61 bits per heavy atom. The van der Waals surface area contributed by atoms with Gasteiger partial charge in [-0.05, 0) is 36.8 Å². The van der Waals surface area contributed by atoms with Crippen LogP contribution in [0.2, 0.25) is 0 Å². The number of hydrogen-bond acceptors (Lipinski definition) is 4. The molecule has 11 heteroatoms. The summed E-state index contributed by atoms with van der Waals surface area (Å²) >= 11 is 0. The molecule has 176 valence electrons. The fraction of sp³-hybridized carbons (Fsp3) is 0.364. The number of aryl methyl sites for hydroxylation is 1. The molecule has 1 atom stereocenters. The topological polar surface area (TPSA) is 78.0 Å². The van der Waals surface area contributed by atoms with Gasteiger partial charge in [-0.15, -0.1) is 0 Å². The first-order valence-electron chi connectivity index (χ1n) is 10.4. The Labute approximate surface area is 189 Å². The van der Waals surface area contributed by atoms with Crippen LogP contribution in [0.4, 0.5) is 18.9 Å². The highest BCUT2D eigenvalue weighted by atomic mass is 32.2. The van der Waals surface area contributed by atoms with E-state index < -0.39 is 38.3 Å². The molecule has 1 unspecified atom stereocenters. The second kappa shape index (κ2) is 8.79. The molecule has 0 N–H and O–H groups in total. The molecule has 33 heavy (non-hydrogen) atoms. The van der Waals surface area contributed by atoms with Crippen LogP contribution in [-0.2, 0) is 19.6 Å². The van der Waals surface area contributed by atoms with Gasteiger partial charge in [0.15, 0.2) is 4.90 Å². The van der Waals surface area contributed by atoms with Crippen molar-refractivity contribution in [3.8, 4) is 0 Å². The molecule has 4 rings (SSSR count). The van der Waals surface area contributed by atoms with Gasteiger partial charge in [0.2, 0.25) is 21.8 Å². The summed E-state index contributed by atoms with van der Waals surface area (Å²) in [6, 6.07) is 7.32. The number of carbonyl (C=O) groups excluding carboxylic acids is 2. The highest BCUT2D eigenvalue weighted by Crippen LogP contribution is 2.30. The Balaban J connectivity index is 1.42. The Morgan fingerprint density at radius 3 is 2.21 bits per heavy atom. The maximum atomic E-state index is 14.3. The molecule has 2 fully saturated rings. The van der Waals surface area contributed by atoms with E-state index in [1.165, 1.54) is 21.9 Å². The van der Waals surface area contributed by atoms with E-state index >= 15 is 0 Å². The van der Waals surface area contributed by atoms with E-state index in [2.05, 4.69) is 0 Å². The highest BCUT2D eigenvalue weighted by molar-refractivity contribution is 7.89. The molecular weight excluding hydrogens is 459 g/mol. The van der Waals surface area contributed by atoms with Crippen LogP contribution in [0.1, 0.15) is 12.0 Å². The summed E-state index contributed by atoms with van der Waals surface area (Å²) < 4.78 is 68.7. The number of amides is 2. The van der Waals surface area contributed by atoms with Crippen molar-refractivity contribution in [2.45, 2.75) is 18.2 Å². The number of benzene rings is 2. The van der Waals surface area contributed by atoms with Crippen molar-refractivity contribution in [3.05, 3.63) is 59.4 Å². The van der Waals surface area contributed by atoms with Crippen LogP contribution >= 0.6 is 0 Å². The average Bonchev–Trinajstić information content (AvgIpc) is 3.14.